The van der Waals surface area contributed by atoms with Crippen LogP contribution in [0, 0.1) is 15.3 Å². The van der Waals surface area contributed by atoms with Gasteiger partial charge in [0.2, 0.25) is 6.21 Å². The van der Waals surface area contributed by atoms with E-state index in [0.29, 0.717) is 17.1 Å². The quantitative estimate of drug-likeness (QED) is 0.308. The first-order valence-corrected chi connectivity index (χ1v) is 6.39. The molecule has 0 bridgehead atoms. The number of imidazole rings is 1. The summed E-state index contributed by atoms with van der Waals surface area (Å²) in [5, 5.41) is 22.4. The fraction of sp³-hybridized carbons (Fsp3) is 0.286. The van der Waals surface area contributed by atoms with Gasteiger partial charge < -0.3 is 10.2 Å². The molecular formula is C14H16N4O3. The molecule has 0 atom stereocenters. The van der Waals surface area contributed by atoms with E-state index in [9.17, 15) is 15.3 Å². The van der Waals surface area contributed by atoms with Gasteiger partial charge in [-0.15, -0.1) is 0 Å². The Kier molecular flexibility index (Phi) is 3.75. The summed E-state index contributed by atoms with van der Waals surface area (Å²) in [6, 6.07) is 6.05. The molecule has 2 rings (SSSR count). The monoisotopic (exact) mass is 288 g/mol. The van der Waals surface area contributed by atoms with Crippen molar-refractivity contribution in [2.45, 2.75) is 26.3 Å². The van der Waals surface area contributed by atoms with E-state index in [1.807, 2.05) is 0 Å². The standard InChI is InChI=1S/C14H16N4O3/c1-14(2,3)17(19)9-11-8-15-13(16-11)10-4-6-12(7-5-10)18(20)21/h4-9H,1-3H3,(H,15,16)/b17-9-. The summed E-state index contributed by atoms with van der Waals surface area (Å²) in [7, 11) is 0. The smallest absolute Gasteiger partial charge is 0.269 e. The Balaban J connectivity index is 2.26. The van der Waals surface area contributed by atoms with Gasteiger partial charge in [-0.3, -0.25) is 10.1 Å². The molecule has 0 saturated heterocycles. The third kappa shape index (κ3) is 3.44. The summed E-state index contributed by atoms with van der Waals surface area (Å²) in [5.74, 6) is 0.554. The highest BCUT2D eigenvalue weighted by atomic mass is 16.6. The Hall–Kier alpha value is -2.70. The van der Waals surface area contributed by atoms with Gasteiger partial charge in [-0.2, -0.15) is 0 Å². The van der Waals surface area contributed by atoms with Crippen molar-refractivity contribution in [3.05, 3.63) is 51.5 Å². The predicted octanol–water partition coefficient (Wildman–Crippen LogP) is 2.71. The van der Waals surface area contributed by atoms with Crippen LogP contribution in [0.5, 0.6) is 0 Å². The molecule has 0 aliphatic rings. The number of benzene rings is 1. The van der Waals surface area contributed by atoms with Gasteiger partial charge in [0.15, 0.2) is 5.54 Å². The van der Waals surface area contributed by atoms with Gasteiger partial charge in [0, 0.05) is 44.7 Å². The zero-order chi connectivity index (χ0) is 15.6. The maximum absolute atomic E-state index is 11.8. The second-order valence-corrected chi connectivity index (χ2v) is 5.60. The van der Waals surface area contributed by atoms with Crippen molar-refractivity contribution in [2.75, 3.05) is 0 Å². The lowest BCUT2D eigenvalue weighted by molar-refractivity contribution is -0.530. The highest BCUT2D eigenvalue weighted by Gasteiger charge is 2.18. The lowest BCUT2D eigenvalue weighted by Gasteiger charge is -2.17. The second kappa shape index (κ2) is 5.35. The van der Waals surface area contributed by atoms with E-state index >= 15 is 0 Å². The molecule has 0 radical (unpaired) electrons. The number of hydrogen-bond donors (Lipinski definition) is 1. The van der Waals surface area contributed by atoms with Crippen molar-refractivity contribution in [1.29, 1.82) is 0 Å². The van der Waals surface area contributed by atoms with Gasteiger partial charge in [0.25, 0.3) is 5.69 Å². The van der Waals surface area contributed by atoms with Crippen molar-refractivity contribution in [3.8, 4) is 11.4 Å². The fourth-order valence-electron chi connectivity index (χ4n) is 1.60. The number of aromatic amines is 1. The van der Waals surface area contributed by atoms with Gasteiger partial charge in [0.05, 0.1) is 4.92 Å². The van der Waals surface area contributed by atoms with Crippen LogP contribution in [0.25, 0.3) is 11.4 Å². The van der Waals surface area contributed by atoms with Crippen molar-refractivity contribution in [2.24, 2.45) is 0 Å². The van der Waals surface area contributed by atoms with E-state index in [-0.39, 0.29) is 5.69 Å². The van der Waals surface area contributed by atoms with Crippen LogP contribution in [0.1, 0.15) is 26.5 Å². The van der Waals surface area contributed by atoms with Crippen LogP contribution in [-0.2, 0) is 0 Å². The molecule has 21 heavy (non-hydrogen) atoms. The van der Waals surface area contributed by atoms with E-state index in [4.69, 9.17) is 0 Å². The molecule has 1 aromatic heterocycles. The Morgan fingerprint density at radius 3 is 2.33 bits per heavy atom. The Bertz CT molecular complexity index is 681. The Labute approximate surface area is 121 Å². The van der Waals surface area contributed by atoms with Crippen LogP contribution in [-0.4, -0.2) is 31.4 Å². The van der Waals surface area contributed by atoms with Gasteiger partial charge in [-0.25, -0.2) is 9.72 Å². The number of H-pyrrole nitrogens is 1. The number of hydrogen-bond acceptors (Lipinski definition) is 4. The maximum Gasteiger partial charge on any atom is 0.269 e. The van der Waals surface area contributed by atoms with Crippen LogP contribution in [0.2, 0.25) is 0 Å². The number of aromatic nitrogens is 2. The topological polar surface area (TPSA) is 97.9 Å². The summed E-state index contributed by atoms with van der Waals surface area (Å²) in [6.45, 7) is 5.42. The van der Waals surface area contributed by atoms with E-state index in [1.54, 1.807) is 39.1 Å². The molecule has 0 spiro atoms. The van der Waals surface area contributed by atoms with Gasteiger partial charge in [0.1, 0.15) is 11.5 Å². The molecule has 1 heterocycles. The lowest BCUT2D eigenvalue weighted by atomic mass is 10.1. The minimum atomic E-state index is -0.535. The molecule has 7 heteroatoms. The van der Waals surface area contributed by atoms with Crippen molar-refractivity contribution >= 4 is 11.9 Å². The Morgan fingerprint density at radius 2 is 1.81 bits per heavy atom. The molecule has 0 aliphatic heterocycles. The number of hydroxylamine groups is 1. The molecule has 1 N–H and O–H groups in total. The normalized spacial score (nSPS) is 12.4. The highest BCUT2D eigenvalue weighted by Crippen LogP contribution is 2.19. The molecule has 2 aromatic rings. The number of nitro benzene ring substituents is 1. The lowest BCUT2D eigenvalue weighted by Crippen LogP contribution is -2.29. The number of rotatable bonds is 3. The summed E-state index contributed by atoms with van der Waals surface area (Å²) in [5.41, 5.74) is 0.712. The van der Waals surface area contributed by atoms with Crippen molar-refractivity contribution in [3.63, 3.8) is 0 Å². The minimum absolute atomic E-state index is 0.0237. The van der Waals surface area contributed by atoms with Crippen LogP contribution < -0.4 is 0 Å². The maximum atomic E-state index is 11.8. The molecule has 1 aromatic carbocycles. The van der Waals surface area contributed by atoms with Crippen molar-refractivity contribution < 1.29 is 9.66 Å². The third-order valence-electron chi connectivity index (χ3n) is 2.86. The zero-order valence-corrected chi connectivity index (χ0v) is 12.0. The molecule has 110 valence electrons. The average Bonchev–Trinajstić information content (AvgIpc) is 2.86. The van der Waals surface area contributed by atoms with Gasteiger partial charge >= 0.3 is 0 Å². The first-order valence-electron chi connectivity index (χ1n) is 6.39. The zero-order valence-electron chi connectivity index (χ0n) is 12.0. The largest absolute Gasteiger partial charge is 0.623 e. The van der Waals surface area contributed by atoms with Gasteiger partial charge in [-0.1, -0.05) is 0 Å². The predicted molar refractivity (Wildman–Crippen MR) is 79.2 cm³/mol. The summed E-state index contributed by atoms with van der Waals surface area (Å²) < 4.78 is 0.836. The third-order valence-corrected chi connectivity index (χ3v) is 2.86. The summed E-state index contributed by atoms with van der Waals surface area (Å²) in [4.78, 5) is 17.4. The van der Waals surface area contributed by atoms with E-state index in [2.05, 4.69) is 9.97 Å². The number of non-ortho nitro benzene ring substituents is 1. The minimum Gasteiger partial charge on any atom is -0.623 e. The molecule has 0 amide bonds. The van der Waals surface area contributed by atoms with Gasteiger partial charge in [-0.05, 0) is 12.1 Å². The van der Waals surface area contributed by atoms with Crippen LogP contribution in [0.15, 0.2) is 30.5 Å². The molecule has 7 nitrogen and oxygen atoms in total. The number of nitrogens with zero attached hydrogens (tertiary/aromatic N) is 3. The number of nitro groups is 1. The summed E-state index contributed by atoms with van der Waals surface area (Å²) in [6.07, 6.45) is 3.03. The molecule has 0 fully saturated rings. The molecule has 0 saturated carbocycles. The van der Waals surface area contributed by atoms with E-state index in [0.717, 1.165) is 4.74 Å². The van der Waals surface area contributed by atoms with Crippen LogP contribution >= 0.6 is 0 Å². The SMILES string of the molecule is CC(C)(C)/[N+]([O-])=C/c1c[nH]c(-c2ccc([N+](=O)[O-])cc2)n1. The molecular weight excluding hydrogens is 272 g/mol. The Morgan fingerprint density at radius 1 is 1.19 bits per heavy atom. The van der Waals surface area contributed by atoms with E-state index < -0.39 is 10.5 Å². The first kappa shape index (κ1) is 14.7. The average molecular weight is 288 g/mol. The molecule has 0 unspecified atom stereocenters. The second-order valence-electron chi connectivity index (χ2n) is 5.60. The van der Waals surface area contributed by atoms with Crippen molar-refractivity contribution in [1.82, 2.24) is 9.97 Å². The van der Waals surface area contributed by atoms with Crippen LogP contribution in [0.4, 0.5) is 5.69 Å². The molecule has 0 aliphatic carbocycles. The van der Waals surface area contributed by atoms with Crippen LogP contribution in [0.3, 0.4) is 0 Å². The first-order chi connectivity index (χ1) is 9.77. The van der Waals surface area contributed by atoms with E-state index in [1.165, 1.54) is 18.3 Å². The summed E-state index contributed by atoms with van der Waals surface area (Å²) >= 11 is 0. The number of nitrogens with one attached hydrogen (secondary N) is 1. The highest BCUT2D eigenvalue weighted by molar-refractivity contribution is 5.74. The fourth-order valence-corrected chi connectivity index (χ4v) is 1.60.